The molecule has 0 atom stereocenters. The lowest BCUT2D eigenvalue weighted by Gasteiger charge is -2.01. The summed E-state index contributed by atoms with van der Waals surface area (Å²) >= 11 is 0. The van der Waals surface area contributed by atoms with Crippen LogP contribution in [0.15, 0.2) is 36.7 Å². The van der Waals surface area contributed by atoms with E-state index in [1.807, 2.05) is 12.4 Å². The first kappa shape index (κ1) is 25.5. The molecule has 0 radical (unpaired) electrons. The van der Waals surface area contributed by atoms with Crippen molar-refractivity contribution in [1.29, 1.82) is 0 Å². The minimum atomic E-state index is 0.607. The van der Waals surface area contributed by atoms with Crippen LogP contribution >= 0.6 is 0 Å². The van der Waals surface area contributed by atoms with Crippen LogP contribution in [0, 0.1) is 24.7 Å². The molecule has 0 spiro atoms. The van der Waals surface area contributed by atoms with Crippen molar-refractivity contribution >= 4 is 0 Å². The number of hydrogen-bond donors (Lipinski definition) is 0. The first-order chi connectivity index (χ1) is 14.8. The summed E-state index contributed by atoms with van der Waals surface area (Å²) in [5.41, 5.74) is 3.64. The Balaban J connectivity index is 0.00000218. The molecule has 0 unspecified atom stereocenters. The Morgan fingerprint density at radius 1 is 0.633 bits per heavy atom. The van der Waals surface area contributed by atoms with Gasteiger partial charge >= 0.3 is 0 Å². The summed E-state index contributed by atoms with van der Waals surface area (Å²) in [6.07, 6.45) is 27.2. The van der Waals surface area contributed by atoms with E-state index in [4.69, 9.17) is 0 Å². The van der Waals surface area contributed by atoms with Gasteiger partial charge in [0.25, 0.3) is 0 Å². The normalized spacial score (nSPS) is 9.87. The number of hydrogen-bond acceptors (Lipinski definition) is 2. The van der Waals surface area contributed by atoms with Crippen LogP contribution in [0.1, 0.15) is 101 Å². The summed E-state index contributed by atoms with van der Waals surface area (Å²) in [6.45, 7) is 4.51. The van der Waals surface area contributed by atoms with E-state index in [2.05, 4.69) is 72.8 Å². The van der Waals surface area contributed by atoms with Crippen LogP contribution in [0.4, 0.5) is 0 Å². The van der Waals surface area contributed by atoms with Crippen molar-refractivity contribution in [2.75, 3.05) is 0 Å². The maximum absolute atomic E-state index is 4.41. The van der Waals surface area contributed by atoms with Crippen LogP contribution in [-0.4, -0.2) is 9.97 Å². The fourth-order valence-electron chi connectivity index (χ4n) is 3.30. The molecule has 0 aliphatic rings. The second kappa shape index (κ2) is 17.3. The molecule has 2 aromatic rings. The van der Waals surface area contributed by atoms with Crippen LogP contribution < -0.4 is 0 Å². The highest BCUT2D eigenvalue weighted by Crippen LogP contribution is 2.10. The molecule has 0 bridgehead atoms. The summed E-state index contributed by atoms with van der Waals surface area (Å²) in [4.78, 5) is 8.83. The first-order valence-corrected chi connectivity index (χ1v) is 11.6. The molecule has 0 N–H and O–H groups in total. The fraction of sp³-hybridized carbons (Fsp3) is 0.500. The Kier molecular flexibility index (Phi) is 14.7. The van der Waals surface area contributed by atoms with Crippen molar-refractivity contribution < 1.29 is 0 Å². The summed E-state index contributed by atoms with van der Waals surface area (Å²) in [7, 11) is 0. The Morgan fingerprint density at radius 3 is 1.73 bits per heavy atom. The van der Waals surface area contributed by atoms with Crippen LogP contribution in [0.2, 0.25) is 0 Å². The number of aryl methyl sites for hydroxylation is 2. The standard InChI is InChI=1S/C26H36N2.C2H2/c1-3-5-7-9-10-12-14-25-21-27-26(28-22-25)20-19-24-17-15-23(16-18-24)13-11-8-6-4-2;1-2/h15-18,21-22H,3-14H2,1-2H3;1-2H. The van der Waals surface area contributed by atoms with Gasteiger partial charge in [-0.2, -0.15) is 0 Å². The van der Waals surface area contributed by atoms with Gasteiger partial charge in [0, 0.05) is 18.0 Å². The molecule has 2 heteroatoms. The second-order valence-electron chi connectivity index (χ2n) is 7.69. The molecule has 0 aliphatic heterocycles. The van der Waals surface area contributed by atoms with Gasteiger partial charge in [-0.15, -0.1) is 12.8 Å². The van der Waals surface area contributed by atoms with Crippen molar-refractivity contribution in [2.24, 2.45) is 0 Å². The molecule has 1 aromatic heterocycles. The predicted molar refractivity (Wildman–Crippen MR) is 129 cm³/mol. The quantitative estimate of drug-likeness (QED) is 0.278. The van der Waals surface area contributed by atoms with Gasteiger partial charge in [-0.3, -0.25) is 0 Å². The van der Waals surface area contributed by atoms with E-state index in [0.717, 1.165) is 18.4 Å². The minimum absolute atomic E-state index is 0.607. The van der Waals surface area contributed by atoms with Gasteiger partial charge in [0.05, 0.1) is 0 Å². The lowest BCUT2D eigenvalue weighted by Crippen LogP contribution is -1.93. The van der Waals surface area contributed by atoms with Crippen LogP contribution in [0.3, 0.4) is 0 Å². The van der Waals surface area contributed by atoms with Gasteiger partial charge in [0.15, 0.2) is 0 Å². The zero-order chi connectivity index (χ0) is 21.9. The van der Waals surface area contributed by atoms with E-state index in [0.29, 0.717) is 5.82 Å². The SMILES string of the molecule is C#C.CCCCCCCCc1cnc(C#Cc2ccc(CCCCCC)cc2)nc1. The van der Waals surface area contributed by atoms with Crippen LogP contribution in [-0.2, 0) is 12.8 Å². The molecular weight excluding hydrogens is 364 g/mol. The van der Waals surface area contributed by atoms with Crippen LogP contribution in [0.25, 0.3) is 0 Å². The Labute approximate surface area is 185 Å². The predicted octanol–water partition coefficient (Wildman–Crippen LogP) is 7.15. The topological polar surface area (TPSA) is 25.8 Å². The number of unbranched alkanes of at least 4 members (excludes halogenated alkanes) is 8. The highest BCUT2D eigenvalue weighted by molar-refractivity contribution is 5.39. The zero-order valence-electron chi connectivity index (χ0n) is 19.0. The van der Waals surface area contributed by atoms with Crippen molar-refractivity contribution in [3.05, 3.63) is 59.2 Å². The molecule has 2 nitrogen and oxygen atoms in total. The summed E-state index contributed by atoms with van der Waals surface area (Å²) in [5.74, 6) is 6.87. The summed E-state index contributed by atoms with van der Waals surface area (Å²) in [6, 6.07) is 8.60. The van der Waals surface area contributed by atoms with E-state index in [1.54, 1.807) is 0 Å². The third-order valence-corrected chi connectivity index (χ3v) is 5.12. The highest BCUT2D eigenvalue weighted by Gasteiger charge is 1.97. The number of aromatic nitrogens is 2. The van der Waals surface area contributed by atoms with E-state index in [1.165, 1.54) is 75.3 Å². The molecule has 160 valence electrons. The van der Waals surface area contributed by atoms with E-state index in [-0.39, 0.29) is 0 Å². The van der Waals surface area contributed by atoms with Crippen molar-refractivity contribution in [3.8, 4) is 24.7 Å². The molecule has 1 aromatic carbocycles. The summed E-state index contributed by atoms with van der Waals surface area (Å²) < 4.78 is 0. The first-order valence-electron chi connectivity index (χ1n) is 11.6. The molecule has 0 aliphatic carbocycles. The molecule has 1 heterocycles. The third kappa shape index (κ3) is 11.4. The molecule has 2 rings (SSSR count). The van der Waals surface area contributed by atoms with Crippen molar-refractivity contribution in [3.63, 3.8) is 0 Å². The maximum Gasteiger partial charge on any atom is 0.205 e. The number of terminal acetylenes is 1. The van der Waals surface area contributed by atoms with E-state index in [9.17, 15) is 0 Å². The second-order valence-corrected chi connectivity index (χ2v) is 7.69. The molecule has 0 saturated carbocycles. The minimum Gasteiger partial charge on any atom is -0.229 e. The lowest BCUT2D eigenvalue weighted by atomic mass is 10.0. The molecule has 0 fully saturated rings. The molecule has 30 heavy (non-hydrogen) atoms. The van der Waals surface area contributed by atoms with Gasteiger partial charge < -0.3 is 0 Å². The Morgan fingerprint density at radius 2 is 1.13 bits per heavy atom. The lowest BCUT2D eigenvalue weighted by molar-refractivity contribution is 0.606. The molecular formula is C28H38N2. The number of rotatable bonds is 12. The van der Waals surface area contributed by atoms with Gasteiger partial charge in [0.1, 0.15) is 0 Å². The van der Waals surface area contributed by atoms with Gasteiger partial charge in [-0.25, -0.2) is 9.97 Å². The van der Waals surface area contributed by atoms with Crippen LogP contribution in [0.5, 0.6) is 0 Å². The Hall–Kier alpha value is -2.58. The Bertz CT molecular complexity index is 745. The largest absolute Gasteiger partial charge is 0.229 e. The average Bonchev–Trinajstić information content (AvgIpc) is 2.80. The molecule has 0 saturated heterocycles. The molecule has 0 amide bonds. The van der Waals surface area contributed by atoms with Crippen molar-refractivity contribution in [1.82, 2.24) is 9.97 Å². The van der Waals surface area contributed by atoms with Gasteiger partial charge in [-0.1, -0.05) is 83.3 Å². The van der Waals surface area contributed by atoms with E-state index < -0.39 is 0 Å². The zero-order valence-corrected chi connectivity index (χ0v) is 19.0. The number of benzene rings is 1. The third-order valence-electron chi connectivity index (χ3n) is 5.12. The smallest absolute Gasteiger partial charge is 0.205 e. The highest BCUT2D eigenvalue weighted by atomic mass is 14.8. The average molecular weight is 403 g/mol. The summed E-state index contributed by atoms with van der Waals surface area (Å²) in [5, 5.41) is 0. The monoisotopic (exact) mass is 402 g/mol. The van der Waals surface area contributed by atoms with Crippen molar-refractivity contribution in [2.45, 2.75) is 90.9 Å². The maximum atomic E-state index is 4.41. The number of nitrogens with zero attached hydrogens (tertiary/aromatic N) is 2. The van der Waals surface area contributed by atoms with Gasteiger partial charge in [0.2, 0.25) is 5.82 Å². The van der Waals surface area contributed by atoms with Gasteiger partial charge in [-0.05, 0) is 54.9 Å². The fourth-order valence-corrected chi connectivity index (χ4v) is 3.30. The van der Waals surface area contributed by atoms with E-state index >= 15 is 0 Å².